The van der Waals surface area contributed by atoms with E-state index < -0.39 is 0 Å². The molecule has 4 heteroatoms. The molecule has 0 spiro atoms. The van der Waals surface area contributed by atoms with E-state index in [0.29, 0.717) is 6.42 Å². The number of hydrogen-bond acceptors (Lipinski definition) is 2. The molecule has 0 saturated carbocycles. The lowest BCUT2D eigenvalue weighted by Crippen LogP contribution is -2.46. The molecule has 1 heterocycles. The molecule has 1 aromatic rings. The van der Waals surface area contributed by atoms with Crippen molar-refractivity contribution in [2.24, 2.45) is 0 Å². The van der Waals surface area contributed by atoms with Crippen LogP contribution in [0.15, 0.2) is 41.6 Å². The smallest absolute Gasteiger partial charge is 0.319 e. The largest absolute Gasteiger partial charge is 0.327 e. The Labute approximate surface area is 105 Å². The van der Waals surface area contributed by atoms with Gasteiger partial charge < -0.3 is 10.6 Å². The van der Waals surface area contributed by atoms with Crippen LogP contribution < -0.4 is 10.6 Å². The van der Waals surface area contributed by atoms with E-state index in [2.05, 4.69) is 10.6 Å². The first-order chi connectivity index (χ1) is 8.75. The van der Waals surface area contributed by atoms with Gasteiger partial charge in [-0.15, -0.1) is 0 Å². The van der Waals surface area contributed by atoms with Crippen molar-refractivity contribution in [2.45, 2.75) is 25.3 Å². The van der Waals surface area contributed by atoms with E-state index in [0.717, 1.165) is 29.7 Å². The molecular weight excluding hydrogens is 228 g/mol. The maximum absolute atomic E-state index is 12.1. The molecule has 2 amide bonds. The third-order valence-electron chi connectivity index (χ3n) is 3.42. The minimum atomic E-state index is -0.303. The third-order valence-corrected chi connectivity index (χ3v) is 3.42. The summed E-state index contributed by atoms with van der Waals surface area (Å²) in [7, 11) is 0. The summed E-state index contributed by atoms with van der Waals surface area (Å²) in [6.07, 6.45) is 2.16. The van der Waals surface area contributed by atoms with Crippen molar-refractivity contribution >= 4 is 11.8 Å². The van der Waals surface area contributed by atoms with E-state index in [1.807, 2.05) is 30.3 Å². The van der Waals surface area contributed by atoms with Crippen LogP contribution in [0.5, 0.6) is 0 Å². The number of ketones is 1. The van der Waals surface area contributed by atoms with Gasteiger partial charge in [-0.2, -0.15) is 0 Å². The highest BCUT2D eigenvalue weighted by Gasteiger charge is 2.33. The topological polar surface area (TPSA) is 58.2 Å². The number of carbonyl (C=O) groups is 2. The van der Waals surface area contributed by atoms with Crippen molar-refractivity contribution in [3.63, 3.8) is 0 Å². The Balaban J connectivity index is 2.07. The number of urea groups is 1. The van der Waals surface area contributed by atoms with Crippen LogP contribution in [0.1, 0.15) is 30.9 Å². The van der Waals surface area contributed by atoms with E-state index in [1.165, 1.54) is 0 Å². The van der Waals surface area contributed by atoms with Gasteiger partial charge in [-0.1, -0.05) is 30.3 Å². The maximum Gasteiger partial charge on any atom is 0.319 e. The molecule has 1 aromatic carbocycles. The van der Waals surface area contributed by atoms with Gasteiger partial charge in [0, 0.05) is 17.7 Å². The van der Waals surface area contributed by atoms with Crippen molar-refractivity contribution in [3.8, 4) is 0 Å². The molecule has 1 aliphatic heterocycles. The van der Waals surface area contributed by atoms with E-state index in [4.69, 9.17) is 0 Å². The molecule has 0 aromatic heterocycles. The van der Waals surface area contributed by atoms with E-state index in [1.54, 1.807) is 0 Å². The molecule has 3 rings (SSSR count). The van der Waals surface area contributed by atoms with Gasteiger partial charge in [-0.3, -0.25) is 4.79 Å². The molecule has 0 radical (unpaired) electrons. The molecule has 0 saturated heterocycles. The fourth-order valence-corrected chi connectivity index (χ4v) is 2.60. The fourth-order valence-electron chi connectivity index (χ4n) is 2.60. The average Bonchev–Trinajstić information content (AvgIpc) is 2.39. The lowest BCUT2D eigenvalue weighted by molar-refractivity contribution is -0.116. The van der Waals surface area contributed by atoms with Crippen LogP contribution in [-0.2, 0) is 4.79 Å². The molecule has 2 N–H and O–H groups in total. The zero-order valence-electron chi connectivity index (χ0n) is 9.90. The number of Topliss-reactive ketones (excluding diaryl/α,β-unsaturated/α-hetero) is 1. The predicted molar refractivity (Wildman–Crippen MR) is 66.7 cm³/mol. The lowest BCUT2D eigenvalue weighted by atomic mass is 9.85. The molecule has 92 valence electrons. The Morgan fingerprint density at radius 1 is 1.06 bits per heavy atom. The summed E-state index contributed by atoms with van der Waals surface area (Å²) in [5.74, 6) is 0.137. The molecule has 0 fully saturated rings. The summed E-state index contributed by atoms with van der Waals surface area (Å²) in [5.41, 5.74) is 2.48. The molecular formula is C14H14N2O2. The normalized spacial score (nSPS) is 23.2. The standard InChI is InChI=1S/C14H14N2O2/c17-11-8-4-7-10-12(11)13(16-14(18)15-10)9-5-2-1-3-6-9/h1-3,5-6,13H,4,7-8H2,(H2,15,16,18)/t13-/m0/s1. The molecule has 0 unspecified atom stereocenters. The van der Waals surface area contributed by atoms with Gasteiger partial charge in [-0.25, -0.2) is 4.79 Å². The van der Waals surface area contributed by atoms with Crippen LogP contribution in [0.25, 0.3) is 0 Å². The second kappa shape index (κ2) is 4.29. The number of allylic oxidation sites excluding steroid dienone is 1. The first-order valence-corrected chi connectivity index (χ1v) is 6.14. The summed E-state index contributed by atoms with van der Waals surface area (Å²) in [5, 5.41) is 5.59. The number of benzene rings is 1. The Morgan fingerprint density at radius 2 is 1.83 bits per heavy atom. The molecule has 0 bridgehead atoms. The Hall–Kier alpha value is -2.10. The van der Waals surface area contributed by atoms with Gasteiger partial charge in [0.15, 0.2) is 5.78 Å². The van der Waals surface area contributed by atoms with E-state index in [-0.39, 0.29) is 17.9 Å². The monoisotopic (exact) mass is 242 g/mol. The summed E-state index contributed by atoms with van der Waals surface area (Å²) in [6, 6.07) is 9.09. The quantitative estimate of drug-likeness (QED) is 0.791. The van der Waals surface area contributed by atoms with Gasteiger partial charge in [0.2, 0.25) is 0 Å². The highest BCUT2D eigenvalue weighted by Crippen LogP contribution is 2.32. The Bertz CT molecular complexity index is 534. The lowest BCUT2D eigenvalue weighted by Gasteiger charge is -2.32. The summed E-state index contributed by atoms with van der Waals surface area (Å²) < 4.78 is 0. The number of rotatable bonds is 1. The number of amides is 2. The molecule has 1 atom stereocenters. The van der Waals surface area contributed by atoms with Crippen LogP contribution in [-0.4, -0.2) is 11.8 Å². The summed E-state index contributed by atoms with van der Waals surface area (Å²) in [6.45, 7) is 0. The molecule has 18 heavy (non-hydrogen) atoms. The molecule has 2 aliphatic rings. The summed E-state index contributed by atoms with van der Waals surface area (Å²) >= 11 is 0. The fraction of sp³-hybridized carbons (Fsp3) is 0.286. The second-order valence-corrected chi connectivity index (χ2v) is 4.61. The highest BCUT2D eigenvalue weighted by molar-refractivity contribution is 6.00. The van der Waals surface area contributed by atoms with Crippen LogP contribution in [0.2, 0.25) is 0 Å². The van der Waals surface area contributed by atoms with Crippen molar-refractivity contribution < 1.29 is 9.59 Å². The van der Waals surface area contributed by atoms with Crippen molar-refractivity contribution in [1.29, 1.82) is 0 Å². The van der Waals surface area contributed by atoms with Crippen LogP contribution in [0, 0.1) is 0 Å². The van der Waals surface area contributed by atoms with Gasteiger partial charge >= 0.3 is 6.03 Å². The number of carbonyl (C=O) groups excluding carboxylic acids is 2. The first-order valence-electron chi connectivity index (χ1n) is 6.14. The Morgan fingerprint density at radius 3 is 2.61 bits per heavy atom. The maximum atomic E-state index is 12.1. The number of nitrogens with one attached hydrogen (secondary N) is 2. The highest BCUT2D eigenvalue weighted by atomic mass is 16.2. The second-order valence-electron chi connectivity index (χ2n) is 4.61. The van der Waals surface area contributed by atoms with Crippen molar-refractivity contribution in [3.05, 3.63) is 47.2 Å². The average molecular weight is 242 g/mol. The van der Waals surface area contributed by atoms with Gasteiger partial charge in [0.1, 0.15) is 0 Å². The van der Waals surface area contributed by atoms with Crippen LogP contribution in [0.3, 0.4) is 0 Å². The molecule has 1 aliphatic carbocycles. The van der Waals surface area contributed by atoms with Crippen LogP contribution >= 0.6 is 0 Å². The van der Waals surface area contributed by atoms with E-state index in [9.17, 15) is 9.59 Å². The zero-order valence-corrected chi connectivity index (χ0v) is 9.90. The minimum absolute atomic E-state index is 0.137. The SMILES string of the molecule is O=C1NC2=C(C(=O)CCC2)[C@H](c2ccccc2)N1. The van der Waals surface area contributed by atoms with Crippen molar-refractivity contribution in [1.82, 2.24) is 10.6 Å². The Kier molecular flexibility index (Phi) is 2.63. The van der Waals surface area contributed by atoms with Gasteiger partial charge in [0.25, 0.3) is 0 Å². The summed E-state index contributed by atoms with van der Waals surface area (Å²) in [4.78, 5) is 23.7. The van der Waals surface area contributed by atoms with Gasteiger partial charge in [-0.05, 0) is 18.4 Å². The van der Waals surface area contributed by atoms with Crippen molar-refractivity contribution in [2.75, 3.05) is 0 Å². The number of hydrogen-bond donors (Lipinski definition) is 2. The van der Waals surface area contributed by atoms with Crippen LogP contribution in [0.4, 0.5) is 4.79 Å². The van der Waals surface area contributed by atoms with E-state index >= 15 is 0 Å². The third kappa shape index (κ3) is 1.79. The zero-order chi connectivity index (χ0) is 12.5. The molecule has 4 nitrogen and oxygen atoms in total. The van der Waals surface area contributed by atoms with Gasteiger partial charge in [0.05, 0.1) is 6.04 Å². The first kappa shape index (κ1) is 11.0. The minimum Gasteiger partial charge on any atom is -0.327 e. The predicted octanol–water partition coefficient (Wildman–Crippen LogP) is 2.05.